The molecule has 0 aliphatic carbocycles. The fourth-order valence-corrected chi connectivity index (χ4v) is 1.51. The minimum atomic E-state index is -0.588. The third kappa shape index (κ3) is 3.24. The van der Waals surface area contributed by atoms with Crippen molar-refractivity contribution in [2.24, 2.45) is 5.73 Å². The van der Waals surface area contributed by atoms with E-state index in [-0.39, 0.29) is 36.9 Å². The van der Waals surface area contributed by atoms with Crippen molar-refractivity contribution in [1.29, 1.82) is 5.26 Å². The van der Waals surface area contributed by atoms with Crippen molar-refractivity contribution in [3.63, 3.8) is 0 Å². The molecule has 4 N–H and O–H groups in total. The van der Waals surface area contributed by atoms with Crippen LogP contribution in [-0.2, 0) is 0 Å². The molecule has 0 spiro atoms. The van der Waals surface area contributed by atoms with Gasteiger partial charge in [-0.3, -0.25) is 0 Å². The van der Waals surface area contributed by atoms with E-state index in [4.69, 9.17) is 20.8 Å². The summed E-state index contributed by atoms with van der Waals surface area (Å²) < 4.78 is 4.94. The van der Waals surface area contributed by atoms with E-state index in [2.05, 4.69) is 0 Å². The number of nitrogens with zero attached hydrogens (tertiary/aromatic N) is 1. The van der Waals surface area contributed by atoms with Gasteiger partial charge in [0.2, 0.25) is 0 Å². The van der Waals surface area contributed by atoms with Gasteiger partial charge in [-0.25, -0.2) is 0 Å². The number of aliphatic hydroxyl groups excluding tert-OH is 1. The summed E-state index contributed by atoms with van der Waals surface area (Å²) in [5.41, 5.74) is 6.39. The SMILES string of the molecule is COc1ccc(C#N)c([C@@H](N)CCO)c1O.Cl. The minimum absolute atomic E-state index is 0. The van der Waals surface area contributed by atoms with Crippen LogP contribution < -0.4 is 10.5 Å². The summed E-state index contributed by atoms with van der Waals surface area (Å²) in [4.78, 5) is 0. The Labute approximate surface area is 106 Å². The number of phenolic OH excluding ortho intramolecular Hbond substituents is 1. The van der Waals surface area contributed by atoms with Gasteiger partial charge in [0, 0.05) is 18.2 Å². The molecule has 0 heterocycles. The summed E-state index contributed by atoms with van der Waals surface area (Å²) in [6.07, 6.45) is 0.273. The zero-order valence-electron chi connectivity index (χ0n) is 9.38. The summed E-state index contributed by atoms with van der Waals surface area (Å²) in [5, 5.41) is 27.6. The summed E-state index contributed by atoms with van der Waals surface area (Å²) >= 11 is 0. The van der Waals surface area contributed by atoms with E-state index in [1.807, 2.05) is 6.07 Å². The molecule has 0 amide bonds. The second kappa shape index (κ2) is 6.97. The van der Waals surface area contributed by atoms with Crippen LogP contribution in [0.3, 0.4) is 0 Å². The van der Waals surface area contributed by atoms with Gasteiger partial charge in [-0.1, -0.05) is 0 Å². The number of aliphatic hydroxyl groups is 1. The van der Waals surface area contributed by atoms with Crippen molar-refractivity contribution in [2.75, 3.05) is 13.7 Å². The summed E-state index contributed by atoms with van der Waals surface area (Å²) in [5.74, 6) is 0.130. The lowest BCUT2D eigenvalue weighted by Gasteiger charge is -2.15. The number of methoxy groups -OCH3 is 1. The molecule has 1 aromatic carbocycles. The van der Waals surface area contributed by atoms with Crippen LogP contribution in [0.25, 0.3) is 0 Å². The van der Waals surface area contributed by atoms with Crippen LogP contribution in [0.5, 0.6) is 11.5 Å². The highest BCUT2D eigenvalue weighted by Gasteiger charge is 2.18. The third-order valence-electron chi connectivity index (χ3n) is 2.33. The van der Waals surface area contributed by atoms with Gasteiger partial charge in [0.15, 0.2) is 11.5 Å². The van der Waals surface area contributed by atoms with Crippen molar-refractivity contribution in [3.8, 4) is 17.6 Å². The van der Waals surface area contributed by atoms with E-state index in [9.17, 15) is 5.11 Å². The largest absolute Gasteiger partial charge is 0.504 e. The van der Waals surface area contributed by atoms with Crippen molar-refractivity contribution in [1.82, 2.24) is 0 Å². The van der Waals surface area contributed by atoms with E-state index < -0.39 is 6.04 Å². The lowest BCUT2D eigenvalue weighted by atomic mass is 9.98. The topological polar surface area (TPSA) is 99.5 Å². The first kappa shape index (κ1) is 15.5. The van der Waals surface area contributed by atoms with E-state index in [0.717, 1.165) is 0 Å². The highest BCUT2D eigenvalue weighted by molar-refractivity contribution is 5.85. The first-order valence-electron chi connectivity index (χ1n) is 4.82. The molecule has 1 atom stereocenters. The van der Waals surface area contributed by atoms with Crippen LogP contribution >= 0.6 is 12.4 Å². The number of ether oxygens (including phenoxy) is 1. The molecule has 0 radical (unpaired) electrons. The fraction of sp³-hybridized carbons (Fsp3) is 0.364. The predicted octanol–water partition coefficient (Wildman–Crippen LogP) is 1.08. The van der Waals surface area contributed by atoms with Gasteiger partial charge in [-0.05, 0) is 18.6 Å². The molecule has 0 saturated carbocycles. The van der Waals surface area contributed by atoms with Crippen molar-refractivity contribution >= 4 is 12.4 Å². The van der Waals surface area contributed by atoms with Crippen molar-refractivity contribution in [2.45, 2.75) is 12.5 Å². The summed E-state index contributed by atoms with van der Waals surface area (Å²) in [7, 11) is 1.42. The lowest BCUT2D eigenvalue weighted by molar-refractivity contribution is 0.274. The number of hydrogen-bond donors (Lipinski definition) is 3. The highest BCUT2D eigenvalue weighted by Crippen LogP contribution is 2.36. The standard InChI is InChI=1S/C11H14N2O3.ClH/c1-16-9-3-2-7(6-12)10(11(9)15)8(13)4-5-14;/h2-3,8,14-15H,4-5,13H2,1H3;1H/t8-;/m0./s1. The number of halogens is 1. The van der Waals surface area contributed by atoms with Crippen LogP contribution in [0, 0.1) is 11.3 Å². The van der Waals surface area contributed by atoms with E-state index in [1.54, 1.807) is 0 Å². The average molecular weight is 259 g/mol. The Kier molecular flexibility index (Phi) is 6.36. The highest BCUT2D eigenvalue weighted by atomic mass is 35.5. The molecule has 0 bridgehead atoms. The Morgan fingerprint density at radius 1 is 1.53 bits per heavy atom. The van der Waals surface area contributed by atoms with Crippen molar-refractivity contribution < 1.29 is 14.9 Å². The first-order chi connectivity index (χ1) is 7.65. The molecule has 0 aliphatic rings. The Morgan fingerprint density at radius 2 is 2.18 bits per heavy atom. The Hall–Kier alpha value is -1.48. The number of nitrogens with two attached hydrogens (primary N) is 1. The lowest BCUT2D eigenvalue weighted by Crippen LogP contribution is -2.14. The Morgan fingerprint density at radius 3 is 2.65 bits per heavy atom. The summed E-state index contributed by atoms with van der Waals surface area (Å²) in [6.45, 7) is -0.108. The molecule has 1 rings (SSSR count). The Bertz CT molecular complexity index is 418. The molecular formula is C11H15ClN2O3. The normalized spacial score (nSPS) is 11.2. The van der Waals surface area contributed by atoms with Gasteiger partial charge in [0.1, 0.15) is 0 Å². The van der Waals surface area contributed by atoms with Crippen LogP contribution in [0.2, 0.25) is 0 Å². The smallest absolute Gasteiger partial charge is 0.163 e. The van der Waals surface area contributed by atoms with E-state index in [1.165, 1.54) is 19.2 Å². The molecule has 0 aromatic heterocycles. The van der Waals surface area contributed by atoms with Gasteiger partial charge in [-0.15, -0.1) is 12.4 Å². The zero-order chi connectivity index (χ0) is 12.1. The van der Waals surface area contributed by atoms with Crippen LogP contribution in [0.1, 0.15) is 23.6 Å². The number of nitriles is 1. The van der Waals surface area contributed by atoms with Gasteiger partial charge in [0.25, 0.3) is 0 Å². The molecule has 5 nitrogen and oxygen atoms in total. The molecule has 6 heteroatoms. The summed E-state index contributed by atoms with van der Waals surface area (Å²) in [6, 6.07) is 4.40. The van der Waals surface area contributed by atoms with Crippen LogP contribution in [0.4, 0.5) is 0 Å². The van der Waals surface area contributed by atoms with E-state index >= 15 is 0 Å². The quantitative estimate of drug-likeness (QED) is 0.750. The predicted molar refractivity (Wildman–Crippen MR) is 65.3 cm³/mol. The maximum absolute atomic E-state index is 9.86. The molecule has 1 aromatic rings. The molecule has 0 fully saturated rings. The van der Waals surface area contributed by atoms with Crippen molar-refractivity contribution in [3.05, 3.63) is 23.3 Å². The molecular weight excluding hydrogens is 244 g/mol. The minimum Gasteiger partial charge on any atom is -0.504 e. The maximum Gasteiger partial charge on any atom is 0.163 e. The van der Waals surface area contributed by atoms with Crippen LogP contribution in [0.15, 0.2) is 12.1 Å². The molecule has 17 heavy (non-hydrogen) atoms. The fourth-order valence-electron chi connectivity index (χ4n) is 1.51. The number of rotatable bonds is 4. The number of aromatic hydroxyl groups is 1. The third-order valence-corrected chi connectivity index (χ3v) is 2.33. The second-order valence-corrected chi connectivity index (χ2v) is 3.31. The zero-order valence-corrected chi connectivity index (χ0v) is 10.2. The Balaban J connectivity index is 0.00000256. The molecule has 94 valence electrons. The van der Waals surface area contributed by atoms with Gasteiger partial charge in [-0.2, -0.15) is 5.26 Å². The maximum atomic E-state index is 9.86. The first-order valence-corrected chi connectivity index (χ1v) is 4.82. The van der Waals surface area contributed by atoms with E-state index in [0.29, 0.717) is 11.1 Å². The van der Waals surface area contributed by atoms with Gasteiger partial charge in [0.05, 0.1) is 18.7 Å². The average Bonchev–Trinajstić information content (AvgIpc) is 2.28. The molecule has 0 saturated heterocycles. The van der Waals surface area contributed by atoms with Crippen LogP contribution in [-0.4, -0.2) is 23.9 Å². The number of benzene rings is 1. The monoisotopic (exact) mass is 258 g/mol. The van der Waals surface area contributed by atoms with Gasteiger partial charge >= 0.3 is 0 Å². The second-order valence-electron chi connectivity index (χ2n) is 3.31. The number of hydrogen-bond acceptors (Lipinski definition) is 5. The molecule has 0 unspecified atom stereocenters. The van der Waals surface area contributed by atoms with Gasteiger partial charge < -0.3 is 20.7 Å². The molecule has 0 aliphatic heterocycles. The number of phenols is 1.